The number of unbranched alkanes of at least 4 members (excludes halogenated alkanes) is 1. The molecule has 90 valence electrons. The average Bonchev–Trinajstić information content (AvgIpc) is 1.98. The first-order chi connectivity index (χ1) is 6.85. The van der Waals surface area contributed by atoms with Crippen LogP contribution < -0.4 is 5.73 Å². The second kappa shape index (κ2) is 4.81. The van der Waals surface area contributed by atoms with Crippen LogP contribution in [0, 0.1) is 0 Å². The third-order valence-electron chi connectivity index (χ3n) is 2.69. The molecule has 0 aromatic carbocycles. The molecule has 0 aromatic rings. The first-order valence-corrected chi connectivity index (χ1v) is 5.97. The monoisotopic (exact) mass is 214 g/mol. The molecule has 3 heteroatoms. The van der Waals surface area contributed by atoms with Crippen LogP contribution in [0.3, 0.4) is 0 Å². The summed E-state index contributed by atoms with van der Waals surface area (Å²) >= 11 is 0. The summed E-state index contributed by atoms with van der Waals surface area (Å²) in [5, 5.41) is 0. The Hall–Kier alpha value is -0.120. The van der Waals surface area contributed by atoms with E-state index in [1.54, 1.807) is 0 Å². The van der Waals surface area contributed by atoms with Crippen molar-refractivity contribution in [2.24, 2.45) is 5.73 Å². The molecule has 0 spiro atoms. The van der Waals surface area contributed by atoms with Gasteiger partial charge in [-0.3, -0.25) is 4.90 Å². The molecule has 1 rings (SSSR count). The van der Waals surface area contributed by atoms with Gasteiger partial charge in [-0.1, -0.05) is 0 Å². The first-order valence-electron chi connectivity index (χ1n) is 5.97. The van der Waals surface area contributed by atoms with Crippen LogP contribution >= 0.6 is 0 Å². The van der Waals surface area contributed by atoms with Crippen molar-refractivity contribution >= 4 is 0 Å². The number of morpholine rings is 1. The maximum Gasteiger partial charge on any atom is 0.0760 e. The lowest BCUT2D eigenvalue weighted by atomic mass is 9.99. The van der Waals surface area contributed by atoms with Crippen LogP contribution in [-0.4, -0.2) is 42.3 Å². The van der Waals surface area contributed by atoms with Gasteiger partial charge in [0, 0.05) is 13.1 Å². The molecular weight excluding hydrogens is 188 g/mol. The lowest BCUT2D eigenvalue weighted by Crippen LogP contribution is -2.57. The molecule has 0 saturated carbocycles. The van der Waals surface area contributed by atoms with Crippen molar-refractivity contribution in [3.05, 3.63) is 0 Å². The van der Waals surface area contributed by atoms with E-state index in [2.05, 4.69) is 32.6 Å². The Bertz CT molecular complexity index is 186. The quantitative estimate of drug-likeness (QED) is 0.723. The maximum atomic E-state index is 6.03. The van der Waals surface area contributed by atoms with Crippen LogP contribution in [0.5, 0.6) is 0 Å². The predicted molar refractivity (Wildman–Crippen MR) is 64.0 cm³/mol. The van der Waals surface area contributed by atoms with E-state index in [-0.39, 0.29) is 11.2 Å². The van der Waals surface area contributed by atoms with Gasteiger partial charge in [0.05, 0.1) is 11.2 Å². The maximum absolute atomic E-state index is 6.03. The summed E-state index contributed by atoms with van der Waals surface area (Å²) < 4.78 is 6.03. The van der Waals surface area contributed by atoms with E-state index in [9.17, 15) is 0 Å². The van der Waals surface area contributed by atoms with Gasteiger partial charge in [-0.25, -0.2) is 0 Å². The molecular formula is C12H26N2O. The molecule has 1 aliphatic rings. The molecule has 0 radical (unpaired) electrons. The van der Waals surface area contributed by atoms with E-state index in [1.165, 1.54) is 6.42 Å². The highest BCUT2D eigenvalue weighted by atomic mass is 16.5. The van der Waals surface area contributed by atoms with Gasteiger partial charge in [-0.15, -0.1) is 0 Å². The van der Waals surface area contributed by atoms with Crippen molar-refractivity contribution in [2.45, 2.75) is 51.7 Å². The summed E-state index contributed by atoms with van der Waals surface area (Å²) in [6, 6.07) is 0. The predicted octanol–water partition coefficient (Wildman–Crippen LogP) is 1.61. The van der Waals surface area contributed by atoms with E-state index < -0.39 is 0 Å². The minimum absolute atomic E-state index is 0.0233. The van der Waals surface area contributed by atoms with Gasteiger partial charge < -0.3 is 10.5 Å². The van der Waals surface area contributed by atoms with Crippen LogP contribution in [0.1, 0.15) is 40.5 Å². The standard InChI is InChI=1S/C12H26N2O/c1-11(2)9-14(8-6-5-7-13)10-12(3,4)15-11/h5-10,13H2,1-4H3. The fourth-order valence-corrected chi connectivity index (χ4v) is 2.58. The van der Waals surface area contributed by atoms with E-state index >= 15 is 0 Å². The molecule has 0 aliphatic carbocycles. The molecule has 15 heavy (non-hydrogen) atoms. The lowest BCUT2D eigenvalue weighted by Gasteiger charge is -2.47. The largest absolute Gasteiger partial charge is 0.367 e. The van der Waals surface area contributed by atoms with Crippen LogP contribution in [-0.2, 0) is 4.74 Å². The van der Waals surface area contributed by atoms with E-state index in [0.717, 1.165) is 32.6 Å². The van der Waals surface area contributed by atoms with Gasteiger partial charge in [-0.05, 0) is 53.6 Å². The number of nitrogens with zero attached hydrogens (tertiary/aromatic N) is 1. The SMILES string of the molecule is CC1(C)CN(CCCCN)CC(C)(C)O1. The van der Waals surface area contributed by atoms with E-state index in [0.29, 0.717) is 0 Å². The Kier molecular flexibility index (Phi) is 4.15. The Morgan fingerprint density at radius 1 is 1.07 bits per heavy atom. The fraction of sp³-hybridized carbons (Fsp3) is 1.00. The Morgan fingerprint density at radius 2 is 1.60 bits per heavy atom. The summed E-state index contributed by atoms with van der Waals surface area (Å²) in [4.78, 5) is 2.50. The van der Waals surface area contributed by atoms with Crippen LogP contribution in [0.4, 0.5) is 0 Å². The van der Waals surface area contributed by atoms with Crippen molar-refractivity contribution in [3.8, 4) is 0 Å². The van der Waals surface area contributed by atoms with E-state index in [1.807, 2.05) is 0 Å². The van der Waals surface area contributed by atoms with Crippen molar-refractivity contribution in [1.29, 1.82) is 0 Å². The van der Waals surface area contributed by atoms with Crippen molar-refractivity contribution in [3.63, 3.8) is 0 Å². The summed E-state index contributed by atoms with van der Waals surface area (Å²) in [7, 11) is 0. The second-order valence-corrected chi connectivity index (χ2v) is 5.83. The minimum atomic E-state index is -0.0233. The third kappa shape index (κ3) is 4.49. The summed E-state index contributed by atoms with van der Waals surface area (Å²) in [5.74, 6) is 0. The van der Waals surface area contributed by atoms with Gasteiger partial charge in [0.1, 0.15) is 0 Å². The number of hydrogen-bond acceptors (Lipinski definition) is 3. The molecule has 0 amide bonds. The Morgan fingerprint density at radius 3 is 2.07 bits per heavy atom. The van der Waals surface area contributed by atoms with Crippen molar-refractivity contribution in [1.82, 2.24) is 4.90 Å². The number of rotatable bonds is 4. The smallest absolute Gasteiger partial charge is 0.0760 e. The molecule has 1 heterocycles. The molecule has 1 aliphatic heterocycles. The zero-order valence-corrected chi connectivity index (χ0v) is 10.7. The molecule has 0 aromatic heterocycles. The summed E-state index contributed by atoms with van der Waals surface area (Å²) in [5.41, 5.74) is 5.46. The second-order valence-electron chi connectivity index (χ2n) is 5.83. The van der Waals surface area contributed by atoms with E-state index in [4.69, 9.17) is 10.5 Å². The minimum Gasteiger partial charge on any atom is -0.367 e. The zero-order chi connectivity index (χ0) is 11.5. The van der Waals surface area contributed by atoms with Gasteiger partial charge in [0.15, 0.2) is 0 Å². The third-order valence-corrected chi connectivity index (χ3v) is 2.69. The highest BCUT2D eigenvalue weighted by Gasteiger charge is 2.37. The first kappa shape index (κ1) is 12.9. The van der Waals surface area contributed by atoms with Gasteiger partial charge in [0.25, 0.3) is 0 Å². The lowest BCUT2D eigenvalue weighted by molar-refractivity contribution is -0.180. The van der Waals surface area contributed by atoms with Crippen LogP contribution in [0.15, 0.2) is 0 Å². The molecule has 0 unspecified atom stereocenters. The Balaban J connectivity index is 2.44. The molecule has 0 atom stereocenters. The van der Waals surface area contributed by atoms with Gasteiger partial charge in [-0.2, -0.15) is 0 Å². The number of hydrogen-bond donors (Lipinski definition) is 1. The normalized spacial score (nSPS) is 25.4. The highest BCUT2D eigenvalue weighted by Crippen LogP contribution is 2.27. The molecule has 1 saturated heterocycles. The molecule has 3 nitrogen and oxygen atoms in total. The molecule has 2 N–H and O–H groups in total. The van der Waals surface area contributed by atoms with Crippen molar-refractivity contribution in [2.75, 3.05) is 26.2 Å². The van der Waals surface area contributed by atoms with Gasteiger partial charge in [0.2, 0.25) is 0 Å². The van der Waals surface area contributed by atoms with Gasteiger partial charge >= 0.3 is 0 Å². The highest BCUT2D eigenvalue weighted by molar-refractivity contribution is 4.88. The molecule has 0 bridgehead atoms. The van der Waals surface area contributed by atoms with Crippen molar-refractivity contribution < 1.29 is 4.74 Å². The van der Waals surface area contributed by atoms with Crippen LogP contribution in [0.25, 0.3) is 0 Å². The summed E-state index contributed by atoms with van der Waals surface area (Å²) in [6.07, 6.45) is 2.32. The van der Waals surface area contributed by atoms with Crippen LogP contribution in [0.2, 0.25) is 0 Å². The number of nitrogens with two attached hydrogens (primary N) is 1. The zero-order valence-electron chi connectivity index (χ0n) is 10.7. The Labute approximate surface area is 94.0 Å². The average molecular weight is 214 g/mol. The number of ether oxygens (including phenoxy) is 1. The topological polar surface area (TPSA) is 38.5 Å². The fourth-order valence-electron chi connectivity index (χ4n) is 2.58. The summed E-state index contributed by atoms with van der Waals surface area (Å²) in [6.45, 7) is 12.7. The molecule has 1 fully saturated rings.